The molecule has 0 radical (unpaired) electrons. The molecule has 0 aromatic carbocycles. The van der Waals surface area contributed by atoms with Gasteiger partial charge < -0.3 is 5.32 Å². The van der Waals surface area contributed by atoms with Gasteiger partial charge in [0.15, 0.2) is 0 Å². The maximum atomic E-state index is 4.62. The molecule has 5 heteroatoms. The van der Waals surface area contributed by atoms with Crippen LogP contribution in [0.1, 0.15) is 25.2 Å². The maximum absolute atomic E-state index is 4.62. The van der Waals surface area contributed by atoms with E-state index in [1.165, 1.54) is 0 Å². The Hall–Kier alpha value is -1.62. The molecule has 0 fully saturated rings. The van der Waals surface area contributed by atoms with Crippen molar-refractivity contribution in [1.29, 1.82) is 0 Å². The highest BCUT2D eigenvalue weighted by Gasteiger charge is 2.11. The molecule has 0 spiro atoms. The Kier molecular flexibility index (Phi) is 4.74. The topological polar surface area (TPSA) is 50.7 Å². The van der Waals surface area contributed by atoms with Gasteiger partial charge in [0.1, 0.15) is 16.7 Å². The maximum Gasteiger partial charge on any atom is 0.133 e. The van der Waals surface area contributed by atoms with Gasteiger partial charge in [-0.3, -0.25) is 4.98 Å². The average Bonchev–Trinajstić information content (AvgIpc) is 2.44. The van der Waals surface area contributed by atoms with Crippen LogP contribution in [0.25, 0.3) is 0 Å². The van der Waals surface area contributed by atoms with Crippen molar-refractivity contribution in [3.05, 3.63) is 35.9 Å². The van der Waals surface area contributed by atoms with E-state index in [1.807, 2.05) is 12.1 Å². The van der Waals surface area contributed by atoms with E-state index in [4.69, 9.17) is 0 Å². The van der Waals surface area contributed by atoms with E-state index in [2.05, 4.69) is 41.0 Å². The molecule has 2 aromatic heterocycles. The van der Waals surface area contributed by atoms with Crippen molar-refractivity contribution in [2.24, 2.45) is 0 Å². The van der Waals surface area contributed by atoms with Crippen LogP contribution in [0.2, 0.25) is 0 Å². The van der Waals surface area contributed by atoms with Gasteiger partial charge in [0, 0.05) is 35.8 Å². The molecule has 0 aliphatic carbocycles. The van der Waals surface area contributed by atoms with Crippen LogP contribution in [-0.4, -0.2) is 21.5 Å². The van der Waals surface area contributed by atoms with Gasteiger partial charge in [-0.2, -0.15) is 0 Å². The van der Waals surface area contributed by atoms with Crippen LogP contribution in [0.15, 0.2) is 34.4 Å². The number of aromatic nitrogens is 3. The molecule has 0 unspecified atom stereocenters. The molecule has 0 saturated carbocycles. The fourth-order valence-electron chi connectivity index (χ4n) is 1.66. The van der Waals surface area contributed by atoms with Gasteiger partial charge in [-0.25, -0.2) is 9.97 Å². The highest BCUT2D eigenvalue weighted by molar-refractivity contribution is 7.99. The summed E-state index contributed by atoms with van der Waals surface area (Å²) in [4.78, 5) is 14.3. The highest BCUT2D eigenvalue weighted by Crippen LogP contribution is 2.30. The molecule has 2 heterocycles. The molecule has 2 rings (SSSR count). The standard InChI is InChI=1S/C14H18N4S/c1-4-12-17-13(16-5-2)10(3)14(18-12)19-11-6-8-15-9-7-11/h6-9H,4-5H2,1-3H3,(H,16,17,18). The fourth-order valence-corrected chi connectivity index (χ4v) is 2.54. The van der Waals surface area contributed by atoms with Gasteiger partial charge in [-0.05, 0) is 26.0 Å². The first-order chi connectivity index (χ1) is 9.24. The number of nitrogens with zero attached hydrogens (tertiary/aromatic N) is 3. The van der Waals surface area contributed by atoms with Crippen molar-refractivity contribution < 1.29 is 0 Å². The lowest BCUT2D eigenvalue weighted by Crippen LogP contribution is -2.07. The second-order valence-electron chi connectivity index (χ2n) is 4.09. The number of hydrogen-bond donors (Lipinski definition) is 1. The predicted molar refractivity (Wildman–Crippen MR) is 78.7 cm³/mol. The monoisotopic (exact) mass is 274 g/mol. The molecule has 0 amide bonds. The summed E-state index contributed by atoms with van der Waals surface area (Å²) in [5.74, 6) is 1.81. The second kappa shape index (κ2) is 6.52. The zero-order chi connectivity index (χ0) is 13.7. The lowest BCUT2D eigenvalue weighted by molar-refractivity contribution is 0.870. The van der Waals surface area contributed by atoms with Crippen LogP contribution < -0.4 is 5.32 Å². The van der Waals surface area contributed by atoms with Gasteiger partial charge in [-0.15, -0.1) is 0 Å². The molecule has 0 atom stereocenters. The van der Waals surface area contributed by atoms with E-state index in [9.17, 15) is 0 Å². The first kappa shape index (κ1) is 13.8. The summed E-state index contributed by atoms with van der Waals surface area (Å²) in [6.45, 7) is 7.06. The summed E-state index contributed by atoms with van der Waals surface area (Å²) in [5.41, 5.74) is 1.10. The normalized spacial score (nSPS) is 10.5. The minimum absolute atomic E-state index is 0.836. The predicted octanol–water partition coefficient (Wildman–Crippen LogP) is 3.33. The SMILES string of the molecule is CCNc1nc(CC)nc(Sc2ccncc2)c1C. The number of anilines is 1. The molecule has 19 heavy (non-hydrogen) atoms. The smallest absolute Gasteiger partial charge is 0.133 e. The number of hydrogen-bond acceptors (Lipinski definition) is 5. The summed E-state index contributed by atoms with van der Waals surface area (Å²) < 4.78 is 0. The van der Waals surface area contributed by atoms with Crippen molar-refractivity contribution in [1.82, 2.24) is 15.0 Å². The Morgan fingerprint density at radius 2 is 1.89 bits per heavy atom. The van der Waals surface area contributed by atoms with Crippen LogP contribution in [0.5, 0.6) is 0 Å². The molecule has 4 nitrogen and oxygen atoms in total. The van der Waals surface area contributed by atoms with Gasteiger partial charge >= 0.3 is 0 Å². The largest absolute Gasteiger partial charge is 0.370 e. The van der Waals surface area contributed by atoms with Crippen LogP contribution >= 0.6 is 11.8 Å². The van der Waals surface area contributed by atoms with Gasteiger partial charge in [0.05, 0.1) is 0 Å². The Morgan fingerprint density at radius 1 is 1.16 bits per heavy atom. The van der Waals surface area contributed by atoms with Crippen LogP contribution in [0, 0.1) is 6.92 Å². The van der Waals surface area contributed by atoms with E-state index in [1.54, 1.807) is 24.2 Å². The van der Waals surface area contributed by atoms with Crippen molar-refractivity contribution >= 4 is 17.6 Å². The van der Waals surface area contributed by atoms with E-state index >= 15 is 0 Å². The third-order valence-electron chi connectivity index (χ3n) is 2.67. The molecule has 0 bridgehead atoms. The van der Waals surface area contributed by atoms with Crippen molar-refractivity contribution in [3.8, 4) is 0 Å². The van der Waals surface area contributed by atoms with Crippen LogP contribution in [-0.2, 0) is 6.42 Å². The zero-order valence-electron chi connectivity index (χ0n) is 11.5. The van der Waals surface area contributed by atoms with E-state index in [0.717, 1.165) is 40.1 Å². The Labute approximate surface area is 118 Å². The average molecular weight is 274 g/mol. The number of rotatable bonds is 5. The Bertz CT molecular complexity index is 543. The summed E-state index contributed by atoms with van der Waals surface area (Å²) in [7, 11) is 0. The van der Waals surface area contributed by atoms with Crippen molar-refractivity contribution in [2.45, 2.75) is 37.1 Å². The van der Waals surface area contributed by atoms with Gasteiger partial charge in [0.25, 0.3) is 0 Å². The zero-order valence-corrected chi connectivity index (χ0v) is 12.3. The minimum Gasteiger partial charge on any atom is -0.370 e. The molecule has 1 N–H and O–H groups in total. The van der Waals surface area contributed by atoms with Crippen LogP contribution in [0.3, 0.4) is 0 Å². The van der Waals surface area contributed by atoms with Gasteiger partial charge in [-0.1, -0.05) is 18.7 Å². The quantitative estimate of drug-likeness (QED) is 0.848. The van der Waals surface area contributed by atoms with Crippen molar-refractivity contribution in [2.75, 3.05) is 11.9 Å². The molecule has 100 valence electrons. The van der Waals surface area contributed by atoms with E-state index in [-0.39, 0.29) is 0 Å². The molecule has 0 aliphatic rings. The lowest BCUT2D eigenvalue weighted by atomic mass is 10.3. The molecule has 0 saturated heterocycles. The number of pyridine rings is 1. The Morgan fingerprint density at radius 3 is 2.53 bits per heavy atom. The summed E-state index contributed by atoms with van der Waals surface area (Å²) in [6.07, 6.45) is 4.43. The third-order valence-corrected chi connectivity index (χ3v) is 3.77. The first-order valence-corrected chi connectivity index (χ1v) is 7.25. The summed E-state index contributed by atoms with van der Waals surface area (Å²) in [5, 5.41) is 4.31. The molecular weight excluding hydrogens is 256 g/mol. The van der Waals surface area contributed by atoms with Gasteiger partial charge in [0.2, 0.25) is 0 Å². The lowest BCUT2D eigenvalue weighted by Gasteiger charge is -2.12. The second-order valence-corrected chi connectivity index (χ2v) is 5.15. The Balaban J connectivity index is 2.35. The summed E-state index contributed by atoms with van der Waals surface area (Å²) in [6, 6.07) is 3.98. The third kappa shape index (κ3) is 3.44. The summed E-state index contributed by atoms with van der Waals surface area (Å²) >= 11 is 1.65. The molecule has 2 aromatic rings. The van der Waals surface area contributed by atoms with E-state index in [0.29, 0.717) is 0 Å². The molecule has 0 aliphatic heterocycles. The van der Waals surface area contributed by atoms with Crippen molar-refractivity contribution in [3.63, 3.8) is 0 Å². The van der Waals surface area contributed by atoms with E-state index < -0.39 is 0 Å². The molecular formula is C14H18N4S. The number of aryl methyl sites for hydroxylation is 1. The first-order valence-electron chi connectivity index (χ1n) is 6.43. The number of nitrogens with one attached hydrogen (secondary N) is 1. The minimum atomic E-state index is 0.836. The highest BCUT2D eigenvalue weighted by atomic mass is 32.2. The van der Waals surface area contributed by atoms with Crippen LogP contribution in [0.4, 0.5) is 5.82 Å². The fraction of sp³-hybridized carbons (Fsp3) is 0.357.